The molecule has 0 saturated carbocycles. The minimum Gasteiger partial charge on any atom is -0.309 e. The molecule has 440 valence electrons. The van der Waals surface area contributed by atoms with E-state index in [4.69, 9.17) is 29.9 Å². The van der Waals surface area contributed by atoms with Gasteiger partial charge in [-0.3, -0.25) is 9.13 Å². The van der Waals surface area contributed by atoms with E-state index in [9.17, 15) is 0 Å². The minimum absolute atomic E-state index is 0.582. The van der Waals surface area contributed by atoms with E-state index in [-0.39, 0.29) is 0 Å². The molecule has 0 unspecified atom stereocenters. The van der Waals surface area contributed by atoms with Gasteiger partial charge in [-0.05, 0) is 83.9 Å². The summed E-state index contributed by atoms with van der Waals surface area (Å²) < 4.78 is 9.12. The molecule has 0 saturated heterocycles. The molecule has 0 N–H and O–H groups in total. The highest BCUT2D eigenvalue weighted by atomic mass is 15.2. The second kappa shape index (κ2) is 22.5. The highest BCUT2D eigenvalue weighted by Gasteiger charge is 2.25. The summed E-state index contributed by atoms with van der Waals surface area (Å²) in [5.74, 6) is 3.71. The van der Waals surface area contributed by atoms with E-state index in [1.54, 1.807) is 0 Å². The number of nitrogens with zero attached hydrogens (tertiary/aromatic N) is 10. The molecule has 0 radical (unpaired) electrons. The fourth-order valence-corrected chi connectivity index (χ4v) is 13.8. The zero-order chi connectivity index (χ0) is 62.1. The first kappa shape index (κ1) is 54.1. The Balaban J connectivity index is 0.000000139. The van der Waals surface area contributed by atoms with E-state index in [0.29, 0.717) is 35.2 Å². The van der Waals surface area contributed by atoms with Gasteiger partial charge >= 0.3 is 0 Å². The van der Waals surface area contributed by atoms with Gasteiger partial charge in [0.2, 0.25) is 11.9 Å². The normalized spacial score (nSPS) is 11.6. The summed E-state index contributed by atoms with van der Waals surface area (Å²) in [5.41, 5.74) is 17.2. The molecule has 10 heteroatoms. The SMILES string of the molecule is c1ccc(-c2ccc(-c3nc(-c4ccccc4)nc(-n4c5ccccc5c5c6c7ccccc7n(-c7ccccc7)c6ccc54)n3)cc2)cc1.c1ccc(-c2nc(-c3ccccc3)nc(-n3c4ccccc4c4c5c6ccccc6n(-c6ccccc6)c5ccc43)n2)cc1. The van der Waals surface area contributed by atoms with E-state index < -0.39 is 0 Å². The third-order valence-corrected chi connectivity index (χ3v) is 18.0. The van der Waals surface area contributed by atoms with E-state index in [2.05, 4.69) is 261 Å². The Morgan fingerprint density at radius 3 is 0.702 bits per heavy atom. The maximum atomic E-state index is 5.21. The first-order chi connectivity index (χ1) is 46.7. The van der Waals surface area contributed by atoms with Crippen molar-refractivity contribution in [1.29, 1.82) is 0 Å². The molecule has 19 aromatic rings. The molecule has 0 fully saturated rings. The van der Waals surface area contributed by atoms with Crippen LogP contribution in [0, 0.1) is 0 Å². The lowest BCUT2D eigenvalue weighted by Gasteiger charge is -2.11. The molecule has 0 amide bonds. The van der Waals surface area contributed by atoms with Crippen molar-refractivity contribution in [2.24, 2.45) is 0 Å². The van der Waals surface area contributed by atoms with Crippen molar-refractivity contribution < 1.29 is 0 Å². The molecular formula is C84H54N10. The summed E-state index contributed by atoms with van der Waals surface area (Å²) in [6.45, 7) is 0. The van der Waals surface area contributed by atoms with Gasteiger partial charge in [0, 0.05) is 76.7 Å². The molecule has 0 bridgehead atoms. The predicted octanol–water partition coefficient (Wildman–Crippen LogP) is 20.5. The zero-order valence-corrected chi connectivity index (χ0v) is 50.6. The van der Waals surface area contributed by atoms with Gasteiger partial charge in [-0.2, -0.15) is 19.9 Å². The van der Waals surface area contributed by atoms with Crippen LogP contribution in [0.25, 0.3) is 167 Å². The van der Waals surface area contributed by atoms with Gasteiger partial charge < -0.3 is 9.13 Å². The van der Waals surface area contributed by atoms with Crippen molar-refractivity contribution in [2.75, 3.05) is 0 Å². The number of fused-ring (bicyclic) bond motifs is 14. The molecule has 0 atom stereocenters. The minimum atomic E-state index is 0.582. The summed E-state index contributed by atoms with van der Waals surface area (Å²) in [6, 6.07) is 114. The third kappa shape index (κ3) is 9.03. The number of benzene rings is 13. The molecule has 10 nitrogen and oxygen atoms in total. The van der Waals surface area contributed by atoms with E-state index >= 15 is 0 Å². The smallest absolute Gasteiger partial charge is 0.238 e. The van der Waals surface area contributed by atoms with Gasteiger partial charge in [-0.1, -0.05) is 255 Å². The first-order valence-electron chi connectivity index (χ1n) is 31.5. The molecule has 0 aliphatic heterocycles. The van der Waals surface area contributed by atoms with Gasteiger partial charge in [-0.15, -0.1) is 0 Å². The Bertz CT molecular complexity index is 6000. The lowest BCUT2D eigenvalue weighted by molar-refractivity contribution is 0.953. The van der Waals surface area contributed by atoms with E-state index in [1.165, 1.54) is 54.4 Å². The fourth-order valence-electron chi connectivity index (χ4n) is 13.8. The zero-order valence-electron chi connectivity index (χ0n) is 50.6. The molecular weight excluding hydrogens is 1150 g/mol. The van der Waals surface area contributed by atoms with Crippen molar-refractivity contribution in [3.63, 3.8) is 0 Å². The van der Waals surface area contributed by atoms with Crippen molar-refractivity contribution in [3.05, 3.63) is 328 Å². The Morgan fingerprint density at radius 2 is 0.383 bits per heavy atom. The fraction of sp³-hybridized carbons (Fsp3) is 0. The van der Waals surface area contributed by atoms with Crippen LogP contribution < -0.4 is 0 Å². The van der Waals surface area contributed by atoms with Gasteiger partial charge in [0.25, 0.3) is 0 Å². The molecule has 6 heterocycles. The number of hydrogen-bond donors (Lipinski definition) is 0. The average Bonchev–Trinajstić information content (AvgIpc) is 1.56. The van der Waals surface area contributed by atoms with Crippen molar-refractivity contribution in [1.82, 2.24) is 48.2 Å². The van der Waals surface area contributed by atoms with E-state index in [0.717, 1.165) is 77.5 Å². The number of aromatic nitrogens is 10. The standard InChI is InChI=1S/C45H29N5.C39H25N5/c1-4-14-30(15-5-1)31-24-26-33(27-25-31)44-46-43(32-16-6-2-7-17-32)47-45(48-44)50-38-23-13-11-21-36(38)42-40(50)29-28-39-41(42)35-20-10-12-22-37(35)49(39)34-18-8-3-9-19-34;1-4-14-26(15-5-1)37-40-38(27-16-6-2-7-17-27)42-39(41-37)44-32-23-13-11-21-30(32)36-34(44)25-24-33-35(36)29-20-10-12-22-31(29)43(33)28-18-8-3-9-19-28/h1-29H;1-25H. The highest BCUT2D eigenvalue weighted by Crippen LogP contribution is 2.45. The second-order valence-corrected chi connectivity index (χ2v) is 23.4. The van der Waals surface area contributed by atoms with Crippen LogP contribution in [0.1, 0.15) is 0 Å². The van der Waals surface area contributed by atoms with Crippen LogP contribution in [0.4, 0.5) is 0 Å². The van der Waals surface area contributed by atoms with Gasteiger partial charge in [0.05, 0.1) is 44.1 Å². The Labute approximate surface area is 539 Å². The van der Waals surface area contributed by atoms with Crippen LogP contribution >= 0.6 is 0 Å². The van der Waals surface area contributed by atoms with Gasteiger partial charge in [-0.25, -0.2) is 9.97 Å². The summed E-state index contributed by atoms with van der Waals surface area (Å²) in [6.07, 6.45) is 0. The quantitative estimate of drug-likeness (QED) is 0.143. The van der Waals surface area contributed by atoms with Gasteiger partial charge in [0.1, 0.15) is 0 Å². The third-order valence-electron chi connectivity index (χ3n) is 18.0. The van der Waals surface area contributed by atoms with Crippen molar-refractivity contribution >= 4 is 87.2 Å². The maximum absolute atomic E-state index is 5.21. The molecule has 0 spiro atoms. The lowest BCUT2D eigenvalue weighted by atomic mass is 10.0. The Hall–Kier alpha value is -12.9. The van der Waals surface area contributed by atoms with Crippen LogP contribution in [0.2, 0.25) is 0 Å². The van der Waals surface area contributed by atoms with Crippen molar-refractivity contribution in [3.8, 4) is 79.9 Å². The van der Waals surface area contributed by atoms with Crippen molar-refractivity contribution in [2.45, 2.75) is 0 Å². The largest absolute Gasteiger partial charge is 0.309 e. The number of para-hydroxylation sites is 6. The first-order valence-corrected chi connectivity index (χ1v) is 31.5. The maximum Gasteiger partial charge on any atom is 0.238 e. The van der Waals surface area contributed by atoms with Crippen LogP contribution in [0.5, 0.6) is 0 Å². The van der Waals surface area contributed by atoms with Crippen LogP contribution in [0.3, 0.4) is 0 Å². The lowest BCUT2D eigenvalue weighted by Crippen LogP contribution is -2.06. The van der Waals surface area contributed by atoms with Crippen LogP contribution in [-0.2, 0) is 0 Å². The summed E-state index contributed by atoms with van der Waals surface area (Å²) in [5, 5.41) is 9.53. The molecule has 0 aliphatic rings. The van der Waals surface area contributed by atoms with E-state index in [1.807, 2.05) is 84.9 Å². The Morgan fingerprint density at radius 1 is 0.160 bits per heavy atom. The molecule has 13 aromatic carbocycles. The second-order valence-electron chi connectivity index (χ2n) is 23.4. The molecule has 94 heavy (non-hydrogen) atoms. The molecule has 19 rings (SSSR count). The van der Waals surface area contributed by atoms with Gasteiger partial charge in [0.15, 0.2) is 23.3 Å². The highest BCUT2D eigenvalue weighted by molar-refractivity contribution is 6.30. The molecule has 0 aliphatic carbocycles. The summed E-state index contributed by atoms with van der Waals surface area (Å²) in [7, 11) is 0. The summed E-state index contributed by atoms with van der Waals surface area (Å²) >= 11 is 0. The average molecular weight is 1200 g/mol. The summed E-state index contributed by atoms with van der Waals surface area (Å²) in [4.78, 5) is 30.5. The predicted molar refractivity (Wildman–Crippen MR) is 384 cm³/mol. The van der Waals surface area contributed by atoms with Crippen LogP contribution in [-0.4, -0.2) is 48.2 Å². The van der Waals surface area contributed by atoms with Crippen LogP contribution in [0.15, 0.2) is 328 Å². The monoisotopic (exact) mass is 1200 g/mol. The number of hydrogen-bond acceptors (Lipinski definition) is 6. The molecule has 6 aromatic heterocycles. The Kier molecular flexibility index (Phi) is 13.0. The number of rotatable bonds is 9. The topological polar surface area (TPSA) is 97.1 Å².